The Morgan fingerprint density at radius 3 is 3.06 bits per heavy atom. The number of hydrogen-bond acceptors (Lipinski definition) is 3. The average Bonchev–Trinajstić information content (AvgIpc) is 2.82. The lowest BCUT2D eigenvalue weighted by Crippen LogP contribution is -2.35. The Labute approximate surface area is 101 Å². The van der Waals surface area contributed by atoms with Gasteiger partial charge < -0.3 is 15.8 Å². The quantitative estimate of drug-likeness (QED) is 0.781. The normalized spacial score (nSPS) is 21.1. The molecule has 0 saturated carbocycles. The maximum atomic E-state index is 11.8. The van der Waals surface area contributed by atoms with Gasteiger partial charge in [0.25, 0.3) is 0 Å². The van der Waals surface area contributed by atoms with Crippen molar-refractivity contribution in [3.8, 4) is 0 Å². The van der Waals surface area contributed by atoms with Crippen LogP contribution in [0.1, 0.15) is 31.4 Å². The van der Waals surface area contributed by atoms with Crippen LogP contribution in [0.2, 0.25) is 0 Å². The van der Waals surface area contributed by atoms with Crippen LogP contribution in [0, 0.1) is 0 Å². The summed E-state index contributed by atoms with van der Waals surface area (Å²) in [7, 11) is 0. The first kappa shape index (κ1) is 11.9. The Bertz CT molecular complexity index is 400. The molecule has 0 bridgehead atoms. The smallest absolute Gasteiger partial charge is 0.249 e. The van der Waals surface area contributed by atoms with Crippen LogP contribution < -0.4 is 11.1 Å². The van der Waals surface area contributed by atoms with Gasteiger partial charge in [0.05, 0.1) is 6.04 Å². The highest BCUT2D eigenvalue weighted by Gasteiger charge is 2.24. The molecule has 0 aliphatic carbocycles. The van der Waals surface area contributed by atoms with E-state index in [1.54, 1.807) is 0 Å². The maximum Gasteiger partial charge on any atom is 0.249 e. The molecule has 1 aliphatic rings. The summed E-state index contributed by atoms with van der Waals surface area (Å²) in [5, 5.41) is 2.95. The third-order valence-electron chi connectivity index (χ3n) is 2.99. The molecular formula is C13H18N2O2. The number of nitrogens with two attached hydrogens (primary N) is 1. The van der Waals surface area contributed by atoms with Crippen molar-refractivity contribution in [3.05, 3.63) is 29.8 Å². The topological polar surface area (TPSA) is 64.3 Å². The van der Waals surface area contributed by atoms with Crippen molar-refractivity contribution < 1.29 is 9.53 Å². The van der Waals surface area contributed by atoms with Crippen molar-refractivity contribution >= 4 is 11.6 Å². The SMILES string of the molecule is CC(NC(=O)C1CCCO1)c1cccc(N)c1. The predicted molar refractivity (Wildman–Crippen MR) is 66.4 cm³/mol. The van der Waals surface area contributed by atoms with Gasteiger partial charge in [-0.2, -0.15) is 0 Å². The molecule has 4 heteroatoms. The molecule has 0 aromatic heterocycles. The standard InChI is InChI=1S/C13H18N2O2/c1-9(10-4-2-5-11(14)8-10)15-13(16)12-6-3-7-17-12/h2,4-5,8-9,12H,3,6-7,14H2,1H3,(H,15,16). The number of amides is 1. The van der Waals surface area contributed by atoms with E-state index < -0.39 is 0 Å². The summed E-state index contributed by atoms with van der Waals surface area (Å²) in [4.78, 5) is 11.8. The van der Waals surface area contributed by atoms with Crippen LogP contribution in [0.4, 0.5) is 5.69 Å². The molecule has 1 amide bonds. The molecule has 0 radical (unpaired) electrons. The minimum absolute atomic E-state index is 0.0302. The molecule has 1 saturated heterocycles. The van der Waals surface area contributed by atoms with E-state index in [4.69, 9.17) is 10.5 Å². The van der Waals surface area contributed by atoms with Crippen molar-refractivity contribution in [2.24, 2.45) is 0 Å². The van der Waals surface area contributed by atoms with Crippen LogP contribution in [-0.2, 0) is 9.53 Å². The van der Waals surface area contributed by atoms with Gasteiger partial charge >= 0.3 is 0 Å². The molecule has 3 N–H and O–H groups in total. The first-order chi connectivity index (χ1) is 8.16. The minimum atomic E-state index is -0.279. The van der Waals surface area contributed by atoms with Gasteiger partial charge in [0, 0.05) is 12.3 Å². The Morgan fingerprint density at radius 1 is 1.59 bits per heavy atom. The highest BCUT2D eigenvalue weighted by atomic mass is 16.5. The number of ether oxygens (including phenoxy) is 1. The first-order valence-electron chi connectivity index (χ1n) is 5.94. The highest BCUT2D eigenvalue weighted by Crippen LogP contribution is 2.17. The molecule has 2 unspecified atom stereocenters. The molecule has 2 rings (SSSR count). The molecule has 1 fully saturated rings. The van der Waals surface area contributed by atoms with Crippen molar-refractivity contribution in [2.75, 3.05) is 12.3 Å². The van der Waals surface area contributed by atoms with Gasteiger partial charge in [-0.15, -0.1) is 0 Å². The van der Waals surface area contributed by atoms with Gasteiger partial charge in [-0.25, -0.2) is 0 Å². The summed E-state index contributed by atoms with van der Waals surface area (Å²) >= 11 is 0. The number of nitrogens with one attached hydrogen (secondary N) is 1. The summed E-state index contributed by atoms with van der Waals surface area (Å²) in [6.07, 6.45) is 1.50. The molecule has 1 aliphatic heterocycles. The van der Waals surface area contributed by atoms with Crippen molar-refractivity contribution in [2.45, 2.75) is 31.9 Å². The summed E-state index contributed by atoms with van der Waals surface area (Å²) in [6.45, 7) is 2.63. The second-order valence-electron chi connectivity index (χ2n) is 4.40. The Hall–Kier alpha value is -1.55. The van der Waals surface area contributed by atoms with Crippen LogP contribution in [-0.4, -0.2) is 18.6 Å². The predicted octanol–water partition coefficient (Wildman–Crippen LogP) is 1.62. The second kappa shape index (κ2) is 5.19. The third kappa shape index (κ3) is 2.97. The fourth-order valence-corrected chi connectivity index (χ4v) is 2.00. The molecule has 2 atom stereocenters. The Kier molecular flexibility index (Phi) is 3.64. The number of carbonyl (C=O) groups is 1. The van der Waals surface area contributed by atoms with E-state index in [1.165, 1.54) is 0 Å². The minimum Gasteiger partial charge on any atom is -0.399 e. The van der Waals surface area contributed by atoms with E-state index in [9.17, 15) is 4.79 Å². The van der Waals surface area contributed by atoms with E-state index in [2.05, 4.69) is 5.32 Å². The van der Waals surface area contributed by atoms with Gasteiger partial charge in [0.2, 0.25) is 5.91 Å². The monoisotopic (exact) mass is 234 g/mol. The Balaban J connectivity index is 1.96. The molecular weight excluding hydrogens is 216 g/mol. The number of carbonyl (C=O) groups excluding carboxylic acids is 1. The van der Waals surface area contributed by atoms with Crippen LogP contribution in [0.15, 0.2) is 24.3 Å². The van der Waals surface area contributed by atoms with Crippen molar-refractivity contribution in [1.29, 1.82) is 0 Å². The summed E-state index contributed by atoms with van der Waals surface area (Å²) in [6, 6.07) is 7.50. The maximum absolute atomic E-state index is 11.8. The van der Waals surface area contributed by atoms with E-state index >= 15 is 0 Å². The molecule has 4 nitrogen and oxygen atoms in total. The third-order valence-corrected chi connectivity index (χ3v) is 2.99. The lowest BCUT2D eigenvalue weighted by Gasteiger charge is -2.17. The molecule has 17 heavy (non-hydrogen) atoms. The van der Waals surface area contributed by atoms with Gasteiger partial charge in [-0.05, 0) is 37.5 Å². The number of anilines is 1. The van der Waals surface area contributed by atoms with E-state index in [-0.39, 0.29) is 18.1 Å². The van der Waals surface area contributed by atoms with Crippen molar-refractivity contribution in [1.82, 2.24) is 5.32 Å². The van der Waals surface area contributed by atoms with Crippen molar-refractivity contribution in [3.63, 3.8) is 0 Å². The van der Waals surface area contributed by atoms with Crippen LogP contribution in [0.5, 0.6) is 0 Å². The Morgan fingerprint density at radius 2 is 2.41 bits per heavy atom. The molecule has 1 aromatic rings. The zero-order chi connectivity index (χ0) is 12.3. The molecule has 1 heterocycles. The summed E-state index contributed by atoms with van der Waals surface area (Å²) < 4.78 is 5.34. The lowest BCUT2D eigenvalue weighted by atomic mass is 10.1. The molecule has 92 valence electrons. The molecule has 1 aromatic carbocycles. The van der Waals surface area contributed by atoms with Gasteiger partial charge in [0.1, 0.15) is 6.10 Å². The first-order valence-corrected chi connectivity index (χ1v) is 5.94. The summed E-state index contributed by atoms with van der Waals surface area (Å²) in [5.74, 6) is -0.0302. The van der Waals surface area contributed by atoms with E-state index in [0.717, 1.165) is 18.4 Å². The van der Waals surface area contributed by atoms with Gasteiger partial charge in [0.15, 0.2) is 0 Å². The van der Waals surface area contributed by atoms with Crippen LogP contribution in [0.3, 0.4) is 0 Å². The average molecular weight is 234 g/mol. The second-order valence-corrected chi connectivity index (χ2v) is 4.40. The summed E-state index contributed by atoms with van der Waals surface area (Å²) in [5.41, 5.74) is 7.43. The number of hydrogen-bond donors (Lipinski definition) is 2. The van der Waals surface area contributed by atoms with Gasteiger partial charge in [-0.1, -0.05) is 12.1 Å². The largest absolute Gasteiger partial charge is 0.399 e. The van der Waals surface area contributed by atoms with Crippen LogP contribution >= 0.6 is 0 Å². The number of nitrogen functional groups attached to an aromatic ring is 1. The molecule has 0 spiro atoms. The fraction of sp³-hybridized carbons (Fsp3) is 0.462. The number of benzene rings is 1. The zero-order valence-electron chi connectivity index (χ0n) is 9.98. The van der Waals surface area contributed by atoms with Crippen LogP contribution in [0.25, 0.3) is 0 Å². The highest BCUT2D eigenvalue weighted by molar-refractivity contribution is 5.81. The van der Waals surface area contributed by atoms with Gasteiger partial charge in [-0.3, -0.25) is 4.79 Å². The number of rotatable bonds is 3. The van der Waals surface area contributed by atoms with E-state index in [0.29, 0.717) is 12.3 Å². The van der Waals surface area contributed by atoms with E-state index in [1.807, 2.05) is 31.2 Å². The lowest BCUT2D eigenvalue weighted by molar-refractivity contribution is -0.130. The zero-order valence-corrected chi connectivity index (χ0v) is 9.98. The fourth-order valence-electron chi connectivity index (χ4n) is 2.00.